The summed E-state index contributed by atoms with van der Waals surface area (Å²) in [5.41, 5.74) is 5.53. The van der Waals surface area contributed by atoms with Crippen molar-refractivity contribution in [2.75, 3.05) is 26.8 Å². The lowest BCUT2D eigenvalue weighted by atomic mass is 10.0. The molecule has 2 aliphatic rings. The summed E-state index contributed by atoms with van der Waals surface area (Å²) >= 11 is 0. The van der Waals surface area contributed by atoms with Gasteiger partial charge in [0.15, 0.2) is 12.1 Å². The molecule has 2 saturated heterocycles. The van der Waals surface area contributed by atoms with E-state index in [0.717, 1.165) is 19.5 Å². The Labute approximate surface area is 220 Å². The van der Waals surface area contributed by atoms with Gasteiger partial charge in [-0.15, -0.1) is 0 Å². The summed E-state index contributed by atoms with van der Waals surface area (Å²) in [5.74, 6) is -0.655. The van der Waals surface area contributed by atoms with Crippen LogP contribution in [0.25, 0.3) is 0 Å². The second kappa shape index (κ2) is 18.7. The van der Waals surface area contributed by atoms with Gasteiger partial charge in [0.05, 0.1) is 0 Å². The maximum Gasteiger partial charge on any atom is 0.190 e. The fourth-order valence-corrected chi connectivity index (χ4v) is 5.35. The van der Waals surface area contributed by atoms with E-state index in [1.807, 2.05) is 13.8 Å². The van der Waals surface area contributed by atoms with E-state index in [0.29, 0.717) is 6.42 Å². The van der Waals surface area contributed by atoms with Crippen LogP contribution in [0.5, 0.6) is 0 Å². The zero-order valence-electron chi connectivity index (χ0n) is 23.4. The van der Waals surface area contributed by atoms with Crippen molar-refractivity contribution in [2.45, 2.75) is 147 Å². The van der Waals surface area contributed by atoms with Crippen LogP contribution in [0.4, 0.5) is 0 Å². The molecule has 2 heterocycles. The van der Waals surface area contributed by atoms with E-state index in [1.165, 1.54) is 83.5 Å². The number of fused-ring (bicyclic) bond motifs is 1. The topological polar surface area (TPSA) is 95.2 Å². The number of unbranched alkanes of at least 4 members (excludes halogenated alkanes) is 12. The third-order valence-corrected chi connectivity index (χ3v) is 7.33. The molecule has 4 N–H and O–H groups in total. The van der Waals surface area contributed by atoms with Crippen molar-refractivity contribution in [3.05, 3.63) is 12.2 Å². The fraction of sp³-hybridized carbons (Fsp3) is 0.931. The lowest BCUT2D eigenvalue weighted by Crippen LogP contribution is -2.49. The Bertz CT molecular complexity index is 574. The Morgan fingerprint density at radius 2 is 1.47 bits per heavy atom. The number of ether oxygens (including phenoxy) is 4. The average Bonchev–Trinajstić information content (AvgIpc) is 3.33. The summed E-state index contributed by atoms with van der Waals surface area (Å²) in [5, 5.41) is 13.2. The van der Waals surface area contributed by atoms with E-state index in [-0.39, 0.29) is 31.0 Å². The fourth-order valence-electron chi connectivity index (χ4n) is 5.35. The van der Waals surface area contributed by atoms with Gasteiger partial charge in [-0.05, 0) is 71.9 Å². The maximum absolute atomic E-state index is 9.59. The molecule has 4 unspecified atom stereocenters. The van der Waals surface area contributed by atoms with Crippen LogP contribution in [-0.4, -0.2) is 68.3 Å². The number of aliphatic hydroxyl groups is 1. The minimum absolute atomic E-state index is 0.0174. The molecule has 0 aromatic heterocycles. The molecule has 0 aliphatic carbocycles. The molecule has 0 amide bonds. The third-order valence-electron chi connectivity index (χ3n) is 7.33. The van der Waals surface area contributed by atoms with Gasteiger partial charge < -0.3 is 35.1 Å². The van der Waals surface area contributed by atoms with E-state index in [2.05, 4.69) is 17.5 Å². The Hall–Kier alpha value is -0.540. The van der Waals surface area contributed by atoms with Crippen LogP contribution in [0.15, 0.2) is 12.2 Å². The first kappa shape index (κ1) is 31.7. The minimum Gasteiger partial charge on any atom is -0.396 e. The number of nitrogens with one attached hydrogen (secondary N) is 1. The van der Waals surface area contributed by atoms with Crippen LogP contribution in [0.2, 0.25) is 0 Å². The van der Waals surface area contributed by atoms with Gasteiger partial charge in [0, 0.05) is 19.8 Å². The molecule has 0 aromatic rings. The van der Waals surface area contributed by atoms with Crippen LogP contribution in [0.1, 0.15) is 110 Å². The number of aliphatic hydroxyl groups excluding tert-OH is 1. The van der Waals surface area contributed by atoms with Crippen molar-refractivity contribution in [1.82, 2.24) is 5.32 Å². The number of hydrogen-bond donors (Lipinski definition) is 3. The molecule has 0 saturated carbocycles. The summed E-state index contributed by atoms with van der Waals surface area (Å²) < 4.78 is 23.8. The molecule has 212 valence electrons. The number of nitrogens with two attached hydrogens (primary N) is 1. The highest BCUT2D eigenvalue weighted by atomic mass is 16.8. The lowest BCUT2D eigenvalue weighted by molar-refractivity contribution is -0.220. The summed E-state index contributed by atoms with van der Waals surface area (Å²) in [4.78, 5) is 0. The summed E-state index contributed by atoms with van der Waals surface area (Å²) in [6.07, 6.45) is 22.2. The summed E-state index contributed by atoms with van der Waals surface area (Å²) in [6.45, 7) is 5.65. The molecular formula is C29H56N2O5. The first-order valence-electron chi connectivity index (χ1n) is 14.8. The second-order valence-electron chi connectivity index (χ2n) is 10.9. The first-order chi connectivity index (χ1) is 17.5. The Morgan fingerprint density at radius 1 is 0.889 bits per heavy atom. The number of allylic oxidation sites excluding steroid dienone is 2. The number of hydrogen-bond acceptors (Lipinski definition) is 7. The molecule has 0 aromatic carbocycles. The quantitative estimate of drug-likeness (QED) is 0.136. The zero-order valence-corrected chi connectivity index (χ0v) is 23.4. The van der Waals surface area contributed by atoms with Crippen molar-refractivity contribution in [1.29, 1.82) is 0 Å². The van der Waals surface area contributed by atoms with Crippen molar-refractivity contribution in [3.63, 3.8) is 0 Å². The van der Waals surface area contributed by atoms with E-state index >= 15 is 0 Å². The number of methoxy groups -OCH3 is 1. The van der Waals surface area contributed by atoms with Crippen LogP contribution in [-0.2, 0) is 18.9 Å². The van der Waals surface area contributed by atoms with E-state index in [4.69, 9.17) is 24.7 Å². The van der Waals surface area contributed by atoms with Crippen molar-refractivity contribution in [2.24, 2.45) is 5.73 Å². The third kappa shape index (κ3) is 11.9. The second-order valence-corrected chi connectivity index (χ2v) is 10.9. The van der Waals surface area contributed by atoms with Gasteiger partial charge in [0.1, 0.15) is 18.3 Å². The van der Waals surface area contributed by atoms with Crippen molar-refractivity contribution in [3.8, 4) is 0 Å². The molecule has 0 radical (unpaired) electrons. The SMILES string of the molecule is COC1C(C(CCO)NCCCCCCCC/C=C/CCCCCCCCN)OC2OC(C)(C)O[C@@H]21. The molecule has 0 bridgehead atoms. The van der Waals surface area contributed by atoms with Gasteiger partial charge in [0.2, 0.25) is 0 Å². The monoisotopic (exact) mass is 512 g/mol. The molecule has 36 heavy (non-hydrogen) atoms. The molecular weight excluding hydrogens is 456 g/mol. The predicted octanol–water partition coefficient (Wildman–Crippen LogP) is 5.19. The minimum atomic E-state index is -0.655. The molecule has 5 atom stereocenters. The van der Waals surface area contributed by atoms with Crippen molar-refractivity contribution < 1.29 is 24.1 Å². The summed E-state index contributed by atoms with van der Waals surface area (Å²) in [6, 6.07) is 0.0174. The molecule has 7 heteroatoms. The molecule has 2 aliphatic heterocycles. The van der Waals surface area contributed by atoms with Gasteiger partial charge in [-0.25, -0.2) is 0 Å². The molecule has 0 spiro atoms. The van der Waals surface area contributed by atoms with E-state index in [1.54, 1.807) is 7.11 Å². The molecule has 2 fully saturated rings. The van der Waals surface area contributed by atoms with Crippen LogP contribution < -0.4 is 11.1 Å². The zero-order chi connectivity index (χ0) is 26.1. The van der Waals surface area contributed by atoms with Gasteiger partial charge in [-0.2, -0.15) is 0 Å². The van der Waals surface area contributed by atoms with Gasteiger partial charge in [0.25, 0.3) is 0 Å². The molecule has 7 nitrogen and oxygen atoms in total. The van der Waals surface area contributed by atoms with Crippen LogP contribution in [0, 0.1) is 0 Å². The first-order valence-corrected chi connectivity index (χ1v) is 14.8. The highest BCUT2D eigenvalue weighted by Gasteiger charge is 2.56. The van der Waals surface area contributed by atoms with E-state index < -0.39 is 12.1 Å². The predicted molar refractivity (Wildman–Crippen MR) is 146 cm³/mol. The Morgan fingerprint density at radius 3 is 2.06 bits per heavy atom. The van der Waals surface area contributed by atoms with Crippen molar-refractivity contribution >= 4 is 0 Å². The van der Waals surface area contributed by atoms with Gasteiger partial charge in [-0.1, -0.05) is 63.5 Å². The smallest absolute Gasteiger partial charge is 0.190 e. The largest absolute Gasteiger partial charge is 0.396 e. The Balaban J connectivity index is 1.46. The van der Waals surface area contributed by atoms with Crippen LogP contribution in [0.3, 0.4) is 0 Å². The maximum atomic E-state index is 9.59. The highest BCUT2D eigenvalue weighted by Crippen LogP contribution is 2.39. The Kier molecular flexibility index (Phi) is 16.4. The summed E-state index contributed by atoms with van der Waals surface area (Å²) in [7, 11) is 1.69. The lowest BCUT2D eigenvalue weighted by Gasteiger charge is -2.30. The standard InChI is InChI=1S/C29H56N2O5/c1-29(2)35-27-26(33-3)25(34-28(27)36-29)24(20-23-32)31-22-19-17-15-13-11-9-7-5-4-6-8-10-12-14-16-18-21-30/h4-5,24-28,31-32H,6-23,30H2,1-3H3/b5-4+/t24?,25?,26?,27-,28?/m1/s1. The van der Waals surface area contributed by atoms with E-state index in [9.17, 15) is 5.11 Å². The van der Waals surface area contributed by atoms with Gasteiger partial charge in [-0.3, -0.25) is 0 Å². The van der Waals surface area contributed by atoms with Crippen LogP contribution >= 0.6 is 0 Å². The van der Waals surface area contributed by atoms with Gasteiger partial charge >= 0.3 is 0 Å². The normalized spacial score (nSPS) is 26.1. The molecule has 2 rings (SSSR count). The number of rotatable bonds is 22. The highest BCUT2D eigenvalue weighted by molar-refractivity contribution is 4.98. The average molecular weight is 513 g/mol.